The molecular formula is C34H50N2O6. The SMILES string of the molecule is COCCCN1CCOc2ccc(C(OCC3CCCC3)O[C@@H]3CNCC[C@H]3c3ccc(COCCOC)cc3)cc21. The number of methoxy groups -OCH3 is 2. The third-order valence-electron chi connectivity index (χ3n) is 8.78. The second-order valence-electron chi connectivity index (χ2n) is 11.8. The van der Waals surface area contributed by atoms with Gasteiger partial charge in [0.05, 0.1) is 44.8 Å². The van der Waals surface area contributed by atoms with Gasteiger partial charge in [0.25, 0.3) is 0 Å². The van der Waals surface area contributed by atoms with Crippen LogP contribution in [0.5, 0.6) is 5.75 Å². The lowest BCUT2D eigenvalue weighted by molar-refractivity contribution is -0.188. The molecule has 1 unspecified atom stereocenters. The zero-order chi connectivity index (χ0) is 29.0. The Balaban J connectivity index is 1.32. The first-order chi connectivity index (χ1) is 20.7. The number of anilines is 1. The molecule has 2 heterocycles. The molecule has 42 heavy (non-hydrogen) atoms. The smallest absolute Gasteiger partial charge is 0.184 e. The van der Waals surface area contributed by atoms with Crippen molar-refractivity contribution in [2.75, 3.05) is 78.3 Å². The number of rotatable bonds is 16. The lowest BCUT2D eigenvalue weighted by atomic mass is 9.87. The van der Waals surface area contributed by atoms with E-state index >= 15 is 0 Å². The van der Waals surface area contributed by atoms with Crippen molar-refractivity contribution in [1.82, 2.24) is 5.32 Å². The molecule has 2 aromatic rings. The first-order valence-electron chi connectivity index (χ1n) is 15.9. The summed E-state index contributed by atoms with van der Waals surface area (Å²) in [4.78, 5) is 2.40. The van der Waals surface area contributed by atoms with Gasteiger partial charge in [-0.05, 0) is 61.4 Å². The van der Waals surface area contributed by atoms with Crippen LogP contribution in [0, 0.1) is 5.92 Å². The van der Waals surface area contributed by atoms with Crippen molar-refractivity contribution in [1.29, 1.82) is 0 Å². The van der Waals surface area contributed by atoms with Crippen LogP contribution in [0.3, 0.4) is 0 Å². The fraction of sp³-hybridized carbons (Fsp3) is 0.647. The predicted octanol–water partition coefficient (Wildman–Crippen LogP) is 5.45. The van der Waals surface area contributed by atoms with Crippen molar-refractivity contribution < 1.29 is 28.4 Å². The molecule has 8 nitrogen and oxygen atoms in total. The highest BCUT2D eigenvalue weighted by Crippen LogP contribution is 2.38. The molecule has 0 bridgehead atoms. The number of fused-ring (bicyclic) bond motifs is 1. The molecule has 0 amide bonds. The van der Waals surface area contributed by atoms with Crippen LogP contribution in [0.15, 0.2) is 42.5 Å². The van der Waals surface area contributed by atoms with Gasteiger partial charge in [-0.1, -0.05) is 43.2 Å². The van der Waals surface area contributed by atoms with Crippen LogP contribution in [0.1, 0.15) is 67.4 Å². The van der Waals surface area contributed by atoms with Crippen molar-refractivity contribution in [3.05, 3.63) is 59.2 Å². The van der Waals surface area contributed by atoms with E-state index in [0.717, 1.165) is 69.2 Å². The third kappa shape index (κ3) is 8.68. The van der Waals surface area contributed by atoms with Gasteiger partial charge in [-0.2, -0.15) is 0 Å². The standard InChI is InChI=1S/C34H50N2O6/c1-37-18-5-16-36-17-19-40-32-13-12-29(22-31(32)36)34(41-25-26-6-3-4-7-26)42-33-23-35-15-14-30(33)28-10-8-27(9-11-28)24-39-21-20-38-2/h8-13,22,26,30,33-35H,3-7,14-21,23-25H2,1-2H3/t30-,33+,34?/m0/s1. The maximum atomic E-state index is 6.95. The third-order valence-corrected chi connectivity index (χ3v) is 8.78. The number of hydrogen-bond acceptors (Lipinski definition) is 8. The molecule has 2 aromatic carbocycles. The zero-order valence-corrected chi connectivity index (χ0v) is 25.6. The molecule has 1 N–H and O–H groups in total. The second kappa shape index (κ2) is 16.6. The number of benzene rings is 2. The van der Waals surface area contributed by atoms with E-state index in [-0.39, 0.29) is 6.10 Å². The zero-order valence-electron chi connectivity index (χ0n) is 25.6. The molecule has 1 saturated heterocycles. The Kier molecular flexibility index (Phi) is 12.3. The summed E-state index contributed by atoms with van der Waals surface area (Å²) in [5.74, 6) is 1.83. The number of piperidine rings is 1. The minimum atomic E-state index is -0.431. The Bertz CT molecular complexity index is 1060. The van der Waals surface area contributed by atoms with Crippen molar-refractivity contribution in [2.45, 2.75) is 63.4 Å². The fourth-order valence-electron chi connectivity index (χ4n) is 6.39. The molecule has 3 atom stereocenters. The molecule has 0 aromatic heterocycles. The van der Waals surface area contributed by atoms with E-state index in [9.17, 15) is 0 Å². The minimum absolute atomic E-state index is 0.00113. The minimum Gasteiger partial charge on any atom is -0.490 e. The monoisotopic (exact) mass is 582 g/mol. The van der Waals surface area contributed by atoms with Gasteiger partial charge in [-0.25, -0.2) is 0 Å². The van der Waals surface area contributed by atoms with Crippen LogP contribution in [-0.2, 0) is 30.3 Å². The average Bonchev–Trinajstić information content (AvgIpc) is 3.56. The molecule has 0 radical (unpaired) electrons. The Labute approximate surface area is 251 Å². The van der Waals surface area contributed by atoms with Crippen LogP contribution in [-0.4, -0.2) is 79.5 Å². The molecule has 8 heteroatoms. The van der Waals surface area contributed by atoms with Gasteiger partial charge >= 0.3 is 0 Å². The summed E-state index contributed by atoms with van der Waals surface area (Å²) >= 11 is 0. The van der Waals surface area contributed by atoms with Gasteiger partial charge in [0.15, 0.2) is 6.29 Å². The van der Waals surface area contributed by atoms with Crippen LogP contribution in [0.25, 0.3) is 0 Å². The highest BCUT2D eigenvalue weighted by molar-refractivity contribution is 5.61. The molecule has 232 valence electrons. The lowest BCUT2D eigenvalue weighted by Gasteiger charge is -2.36. The fourth-order valence-corrected chi connectivity index (χ4v) is 6.39. The number of nitrogens with zero attached hydrogens (tertiary/aromatic N) is 1. The molecule has 1 aliphatic carbocycles. The Morgan fingerprint density at radius 2 is 1.81 bits per heavy atom. The topological polar surface area (TPSA) is 70.7 Å². The predicted molar refractivity (Wildman–Crippen MR) is 164 cm³/mol. The highest BCUT2D eigenvalue weighted by Gasteiger charge is 2.32. The molecule has 2 aliphatic heterocycles. The van der Waals surface area contributed by atoms with E-state index in [4.69, 9.17) is 28.4 Å². The summed E-state index contributed by atoms with van der Waals surface area (Å²) in [5.41, 5.74) is 4.65. The Morgan fingerprint density at radius 3 is 2.62 bits per heavy atom. The van der Waals surface area contributed by atoms with Gasteiger partial charge < -0.3 is 38.6 Å². The Morgan fingerprint density at radius 1 is 0.976 bits per heavy atom. The van der Waals surface area contributed by atoms with Gasteiger partial charge in [0.1, 0.15) is 12.4 Å². The number of ether oxygens (including phenoxy) is 6. The molecule has 5 rings (SSSR count). The van der Waals surface area contributed by atoms with Crippen molar-refractivity contribution in [3.8, 4) is 5.75 Å². The summed E-state index contributed by atoms with van der Waals surface area (Å²) in [6.07, 6.45) is 6.66. The Hall–Kier alpha value is -2.20. The molecule has 3 aliphatic rings. The van der Waals surface area contributed by atoms with Crippen LogP contribution in [0.2, 0.25) is 0 Å². The maximum absolute atomic E-state index is 6.95. The van der Waals surface area contributed by atoms with E-state index < -0.39 is 6.29 Å². The van der Waals surface area contributed by atoms with E-state index in [0.29, 0.717) is 38.3 Å². The number of nitrogens with one attached hydrogen (secondary N) is 1. The molecule has 1 saturated carbocycles. The largest absolute Gasteiger partial charge is 0.490 e. The van der Waals surface area contributed by atoms with Crippen molar-refractivity contribution in [3.63, 3.8) is 0 Å². The number of hydrogen-bond donors (Lipinski definition) is 1. The van der Waals surface area contributed by atoms with Crippen LogP contribution < -0.4 is 15.0 Å². The van der Waals surface area contributed by atoms with Gasteiger partial charge in [-0.15, -0.1) is 0 Å². The van der Waals surface area contributed by atoms with E-state index in [1.807, 2.05) is 0 Å². The lowest BCUT2D eigenvalue weighted by Crippen LogP contribution is -2.42. The quantitative estimate of drug-likeness (QED) is 0.207. The summed E-state index contributed by atoms with van der Waals surface area (Å²) < 4.78 is 35.7. The summed E-state index contributed by atoms with van der Waals surface area (Å²) in [6, 6.07) is 15.3. The second-order valence-corrected chi connectivity index (χ2v) is 11.8. The van der Waals surface area contributed by atoms with E-state index in [1.54, 1.807) is 14.2 Å². The normalized spacial score (nSPS) is 21.7. The first kappa shape index (κ1) is 31.2. The average molecular weight is 583 g/mol. The van der Waals surface area contributed by atoms with Gasteiger partial charge in [0, 0.05) is 45.4 Å². The highest BCUT2D eigenvalue weighted by atomic mass is 16.7. The molecular weight excluding hydrogens is 532 g/mol. The van der Waals surface area contributed by atoms with Crippen LogP contribution >= 0.6 is 0 Å². The maximum Gasteiger partial charge on any atom is 0.184 e. The summed E-state index contributed by atoms with van der Waals surface area (Å²) in [6.45, 7) is 7.57. The summed E-state index contributed by atoms with van der Waals surface area (Å²) in [5, 5.41) is 3.57. The molecule has 0 spiro atoms. The van der Waals surface area contributed by atoms with Crippen molar-refractivity contribution >= 4 is 5.69 Å². The van der Waals surface area contributed by atoms with Gasteiger partial charge in [0.2, 0.25) is 0 Å². The van der Waals surface area contributed by atoms with E-state index in [2.05, 4.69) is 52.7 Å². The van der Waals surface area contributed by atoms with Gasteiger partial charge in [-0.3, -0.25) is 0 Å². The summed E-state index contributed by atoms with van der Waals surface area (Å²) in [7, 11) is 3.45. The first-order valence-corrected chi connectivity index (χ1v) is 15.9. The van der Waals surface area contributed by atoms with Crippen molar-refractivity contribution in [2.24, 2.45) is 5.92 Å². The molecule has 2 fully saturated rings. The van der Waals surface area contributed by atoms with Crippen LogP contribution in [0.4, 0.5) is 5.69 Å². The van der Waals surface area contributed by atoms with E-state index in [1.165, 1.54) is 36.8 Å².